The van der Waals surface area contributed by atoms with Gasteiger partial charge in [0.05, 0.1) is 13.2 Å². The number of piperazine rings is 1. The first-order chi connectivity index (χ1) is 11.1. The number of likely N-dealkylation sites (tertiary alicyclic amines) is 1. The quantitative estimate of drug-likeness (QED) is 0.767. The zero-order valence-electron chi connectivity index (χ0n) is 13.7. The molecule has 1 amide bonds. The lowest BCUT2D eigenvalue weighted by molar-refractivity contribution is -0.133. The van der Waals surface area contributed by atoms with E-state index in [1.807, 2.05) is 16.5 Å². The number of carbonyl (C=O) groups is 1. The van der Waals surface area contributed by atoms with Gasteiger partial charge in [-0.25, -0.2) is 4.68 Å². The third kappa shape index (κ3) is 4.59. The second-order valence-electron chi connectivity index (χ2n) is 6.36. The standard InChI is InChI=1S/C15H25N5OS2/c1-13-16-20(15(22)23-13)12-18-9-7-17(8-10-18)11-14(21)19-5-3-2-4-6-19/h2-12H2,1H3. The van der Waals surface area contributed by atoms with E-state index in [1.165, 1.54) is 6.42 Å². The molecule has 0 N–H and O–H groups in total. The summed E-state index contributed by atoms with van der Waals surface area (Å²) >= 11 is 6.89. The van der Waals surface area contributed by atoms with Crippen molar-refractivity contribution in [2.24, 2.45) is 0 Å². The lowest BCUT2D eigenvalue weighted by Crippen LogP contribution is -2.50. The van der Waals surface area contributed by atoms with E-state index in [0.717, 1.165) is 67.7 Å². The SMILES string of the molecule is Cc1nn(CN2CCN(CC(=O)N3CCCCC3)CC2)c(=S)s1. The van der Waals surface area contributed by atoms with Crippen LogP contribution in [0.2, 0.25) is 0 Å². The van der Waals surface area contributed by atoms with Gasteiger partial charge in [-0.1, -0.05) is 11.3 Å². The summed E-state index contributed by atoms with van der Waals surface area (Å²) in [7, 11) is 0. The molecule has 1 aromatic rings. The van der Waals surface area contributed by atoms with Crippen LogP contribution in [0.1, 0.15) is 24.3 Å². The third-order valence-electron chi connectivity index (χ3n) is 4.57. The van der Waals surface area contributed by atoms with Gasteiger partial charge in [-0.2, -0.15) is 5.10 Å². The highest BCUT2D eigenvalue weighted by Crippen LogP contribution is 2.11. The Morgan fingerprint density at radius 1 is 1.09 bits per heavy atom. The van der Waals surface area contributed by atoms with Crippen molar-refractivity contribution >= 4 is 29.5 Å². The number of rotatable bonds is 4. The molecule has 2 aliphatic heterocycles. The number of aryl methyl sites for hydroxylation is 1. The Bertz CT molecular complexity index is 585. The molecule has 0 radical (unpaired) electrons. The maximum Gasteiger partial charge on any atom is 0.236 e. The smallest absolute Gasteiger partial charge is 0.236 e. The van der Waals surface area contributed by atoms with Crippen LogP contribution in [0.5, 0.6) is 0 Å². The summed E-state index contributed by atoms with van der Waals surface area (Å²) in [6, 6.07) is 0. The van der Waals surface area contributed by atoms with Gasteiger partial charge in [-0.3, -0.25) is 14.6 Å². The predicted octanol–water partition coefficient (Wildman–Crippen LogP) is 1.57. The summed E-state index contributed by atoms with van der Waals surface area (Å²) < 4.78 is 2.74. The number of hydrogen-bond donors (Lipinski definition) is 0. The van der Waals surface area contributed by atoms with Crippen molar-refractivity contribution in [3.63, 3.8) is 0 Å². The highest BCUT2D eigenvalue weighted by atomic mass is 32.1. The number of hydrogen-bond acceptors (Lipinski definition) is 6. The van der Waals surface area contributed by atoms with Gasteiger partial charge in [0.2, 0.25) is 5.91 Å². The summed E-state index contributed by atoms with van der Waals surface area (Å²) in [5, 5.41) is 5.46. The molecular formula is C15H25N5OS2. The second kappa shape index (κ2) is 7.83. The van der Waals surface area contributed by atoms with Crippen molar-refractivity contribution < 1.29 is 4.79 Å². The molecule has 2 saturated heterocycles. The van der Waals surface area contributed by atoms with E-state index in [9.17, 15) is 4.79 Å². The molecule has 1 aromatic heterocycles. The minimum absolute atomic E-state index is 0.301. The van der Waals surface area contributed by atoms with Crippen LogP contribution in [0, 0.1) is 10.9 Å². The topological polar surface area (TPSA) is 44.6 Å². The molecule has 6 nitrogen and oxygen atoms in total. The third-order valence-corrected chi connectivity index (χ3v) is 5.80. The lowest BCUT2D eigenvalue weighted by atomic mass is 10.1. The Labute approximate surface area is 146 Å². The fraction of sp³-hybridized carbons (Fsp3) is 0.800. The largest absolute Gasteiger partial charge is 0.342 e. The minimum atomic E-state index is 0.301. The molecule has 0 saturated carbocycles. The molecule has 0 atom stereocenters. The summed E-state index contributed by atoms with van der Waals surface area (Å²) in [5.41, 5.74) is 0. The van der Waals surface area contributed by atoms with Crippen LogP contribution in [0.25, 0.3) is 0 Å². The van der Waals surface area contributed by atoms with E-state index in [4.69, 9.17) is 12.2 Å². The van der Waals surface area contributed by atoms with Crippen molar-refractivity contribution in [1.29, 1.82) is 0 Å². The molecule has 0 spiro atoms. The average molecular weight is 356 g/mol. The van der Waals surface area contributed by atoms with E-state index in [1.54, 1.807) is 11.3 Å². The first-order valence-corrected chi connectivity index (χ1v) is 9.61. The summed E-state index contributed by atoms with van der Waals surface area (Å²) in [6.07, 6.45) is 3.58. The van der Waals surface area contributed by atoms with Crippen LogP contribution in [-0.2, 0) is 11.5 Å². The molecule has 0 unspecified atom stereocenters. The maximum atomic E-state index is 12.3. The summed E-state index contributed by atoms with van der Waals surface area (Å²) in [4.78, 5) is 19.0. The predicted molar refractivity (Wildman–Crippen MR) is 94.1 cm³/mol. The molecule has 2 aliphatic rings. The Kier molecular flexibility index (Phi) is 5.79. The number of aromatic nitrogens is 2. The van der Waals surface area contributed by atoms with Crippen molar-refractivity contribution in [3.05, 3.63) is 8.96 Å². The van der Waals surface area contributed by atoms with E-state index >= 15 is 0 Å². The molecule has 23 heavy (non-hydrogen) atoms. The molecule has 0 aliphatic carbocycles. The number of amides is 1. The molecule has 128 valence electrons. The van der Waals surface area contributed by atoms with Crippen LogP contribution in [0.3, 0.4) is 0 Å². The van der Waals surface area contributed by atoms with E-state index < -0.39 is 0 Å². The zero-order valence-corrected chi connectivity index (χ0v) is 15.4. The van der Waals surface area contributed by atoms with Gasteiger partial charge in [0.1, 0.15) is 5.01 Å². The van der Waals surface area contributed by atoms with Gasteiger partial charge in [-0.05, 0) is 38.4 Å². The molecule has 3 rings (SSSR count). The van der Waals surface area contributed by atoms with Crippen LogP contribution >= 0.6 is 23.6 Å². The Balaban J connectivity index is 1.44. The first-order valence-electron chi connectivity index (χ1n) is 8.39. The van der Waals surface area contributed by atoms with E-state index in [0.29, 0.717) is 12.5 Å². The van der Waals surface area contributed by atoms with Crippen LogP contribution in [-0.4, -0.2) is 76.2 Å². The average Bonchev–Trinajstić information content (AvgIpc) is 2.87. The molecule has 0 aromatic carbocycles. The monoisotopic (exact) mass is 355 g/mol. The van der Waals surface area contributed by atoms with Crippen LogP contribution < -0.4 is 0 Å². The normalized spacial score (nSPS) is 20.8. The minimum Gasteiger partial charge on any atom is -0.342 e. The fourth-order valence-electron chi connectivity index (χ4n) is 3.21. The summed E-state index contributed by atoms with van der Waals surface area (Å²) in [6.45, 7) is 9.02. The van der Waals surface area contributed by atoms with E-state index in [2.05, 4.69) is 14.9 Å². The zero-order chi connectivity index (χ0) is 16.2. The Morgan fingerprint density at radius 2 is 1.74 bits per heavy atom. The number of piperidine rings is 1. The highest BCUT2D eigenvalue weighted by Gasteiger charge is 2.23. The fourth-order valence-corrected chi connectivity index (χ4v) is 4.27. The van der Waals surface area contributed by atoms with Gasteiger partial charge in [-0.15, -0.1) is 0 Å². The van der Waals surface area contributed by atoms with Crippen molar-refractivity contribution in [2.75, 3.05) is 45.8 Å². The van der Waals surface area contributed by atoms with Crippen LogP contribution in [0.15, 0.2) is 0 Å². The lowest BCUT2D eigenvalue weighted by Gasteiger charge is -2.35. The summed E-state index contributed by atoms with van der Waals surface area (Å²) in [5.74, 6) is 0.301. The van der Waals surface area contributed by atoms with Gasteiger partial charge in [0.15, 0.2) is 3.95 Å². The molecule has 3 heterocycles. The van der Waals surface area contributed by atoms with Gasteiger partial charge in [0, 0.05) is 39.3 Å². The number of carbonyl (C=O) groups excluding carboxylic acids is 1. The molecule has 0 bridgehead atoms. The molecular weight excluding hydrogens is 330 g/mol. The molecule has 8 heteroatoms. The van der Waals surface area contributed by atoms with Gasteiger partial charge in [0.25, 0.3) is 0 Å². The molecule has 2 fully saturated rings. The Morgan fingerprint density at radius 3 is 2.35 bits per heavy atom. The maximum absolute atomic E-state index is 12.3. The van der Waals surface area contributed by atoms with Gasteiger partial charge < -0.3 is 4.90 Å². The second-order valence-corrected chi connectivity index (χ2v) is 8.19. The van der Waals surface area contributed by atoms with Gasteiger partial charge >= 0.3 is 0 Å². The Hall–Kier alpha value is -0.830. The van der Waals surface area contributed by atoms with Crippen molar-refractivity contribution in [2.45, 2.75) is 32.9 Å². The number of nitrogens with zero attached hydrogens (tertiary/aromatic N) is 5. The van der Waals surface area contributed by atoms with E-state index in [-0.39, 0.29) is 0 Å². The highest BCUT2D eigenvalue weighted by molar-refractivity contribution is 7.73. The van der Waals surface area contributed by atoms with Crippen molar-refractivity contribution in [1.82, 2.24) is 24.5 Å². The van der Waals surface area contributed by atoms with Crippen molar-refractivity contribution in [3.8, 4) is 0 Å². The first kappa shape index (κ1) is 17.0. The van der Waals surface area contributed by atoms with Crippen LogP contribution in [0.4, 0.5) is 0 Å².